The Hall–Kier alpha value is -3.81. The van der Waals surface area contributed by atoms with E-state index in [1.165, 1.54) is 18.2 Å². The van der Waals surface area contributed by atoms with Gasteiger partial charge in [0.15, 0.2) is 5.69 Å². The summed E-state index contributed by atoms with van der Waals surface area (Å²) in [6.07, 6.45) is 1.62. The molecule has 2 N–H and O–H groups in total. The van der Waals surface area contributed by atoms with Crippen LogP contribution >= 0.6 is 0 Å². The Morgan fingerprint density at radius 1 is 1.18 bits per heavy atom. The van der Waals surface area contributed by atoms with Crippen molar-refractivity contribution < 1.29 is 19.1 Å². The number of halogens is 1. The second-order valence-electron chi connectivity index (χ2n) is 5.84. The zero-order valence-corrected chi connectivity index (χ0v) is 14.8. The SMILES string of the molecule is C=CCn1c(O)c(N=NC(=O)CNC(=O)c2ccccc2F)c2ccccc21. The van der Waals surface area contributed by atoms with Crippen LogP contribution in [0.2, 0.25) is 0 Å². The molecule has 8 heteroatoms. The smallest absolute Gasteiger partial charge is 0.283 e. The molecule has 0 fully saturated rings. The van der Waals surface area contributed by atoms with E-state index >= 15 is 0 Å². The maximum absolute atomic E-state index is 13.6. The van der Waals surface area contributed by atoms with Crippen LogP contribution in [0.1, 0.15) is 10.4 Å². The second kappa shape index (κ2) is 8.26. The fourth-order valence-corrected chi connectivity index (χ4v) is 2.72. The van der Waals surface area contributed by atoms with E-state index in [9.17, 15) is 19.1 Å². The Bertz CT molecular complexity index is 1090. The van der Waals surface area contributed by atoms with Crippen molar-refractivity contribution in [2.75, 3.05) is 6.54 Å². The molecule has 1 aromatic heterocycles. The lowest BCUT2D eigenvalue weighted by molar-refractivity contribution is -0.117. The number of benzene rings is 2. The number of amides is 2. The van der Waals surface area contributed by atoms with Crippen molar-refractivity contribution in [2.24, 2.45) is 10.2 Å². The fraction of sp³-hybridized carbons (Fsp3) is 0.100. The topological polar surface area (TPSA) is 96.0 Å². The molecule has 0 saturated carbocycles. The summed E-state index contributed by atoms with van der Waals surface area (Å²) in [5.41, 5.74) is 0.692. The first-order valence-corrected chi connectivity index (χ1v) is 8.41. The van der Waals surface area contributed by atoms with Gasteiger partial charge in [0.25, 0.3) is 11.8 Å². The molecule has 0 bridgehead atoms. The van der Waals surface area contributed by atoms with E-state index in [1.807, 2.05) is 6.07 Å². The Kier molecular flexibility index (Phi) is 5.59. The number of carbonyl (C=O) groups is 2. The van der Waals surface area contributed by atoms with Gasteiger partial charge < -0.3 is 15.0 Å². The first-order valence-electron chi connectivity index (χ1n) is 8.41. The third-order valence-corrected chi connectivity index (χ3v) is 4.01. The summed E-state index contributed by atoms with van der Waals surface area (Å²) < 4.78 is 15.2. The van der Waals surface area contributed by atoms with E-state index in [1.54, 1.807) is 28.8 Å². The number of nitrogens with zero attached hydrogens (tertiary/aromatic N) is 3. The molecule has 1 heterocycles. The molecule has 0 radical (unpaired) electrons. The molecule has 0 aliphatic heterocycles. The van der Waals surface area contributed by atoms with E-state index in [-0.39, 0.29) is 17.1 Å². The first kappa shape index (κ1) is 19.0. The van der Waals surface area contributed by atoms with Gasteiger partial charge in [-0.25, -0.2) is 4.39 Å². The van der Waals surface area contributed by atoms with Crippen LogP contribution in [0.4, 0.5) is 10.1 Å². The van der Waals surface area contributed by atoms with E-state index in [4.69, 9.17) is 0 Å². The van der Waals surface area contributed by atoms with E-state index in [0.717, 1.165) is 6.07 Å². The highest BCUT2D eigenvalue weighted by molar-refractivity contribution is 5.97. The van der Waals surface area contributed by atoms with Crippen LogP contribution in [-0.4, -0.2) is 28.0 Å². The van der Waals surface area contributed by atoms with Crippen LogP contribution in [0.15, 0.2) is 71.4 Å². The number of allylic oxidation sites excluding steroid dienone is 1. The van der Waals surface area contributed by atoms with Crippen molar-refractivity contribution in [3.05, 3.63) is 72.6 Å². The molecule has 0 aliphatic rings. The van der Waals surface area contributed by atoms with E-state index in [0.29, 0.717) is 17.4 Å². The highest BCUT2D eigenvalue weighted by Crippen LogP contribution is 2.38. The Morgan fingerprint density at radius 2 is 1.89 bits per heavy atom. The molecule has 2 aromatic carbocycles. The molecular formula is C20H17FN4O3. The Labute approximate surface area is 159 Å². The van der Waals surface area contributed by atoms with Gasteiger partial charge in [-0.05, 0) is 18.2 Å². The van der Waals surface area contributed by atoms with Crippen molar-refractivity contribution in [3.8, 4) is 5.88 Å². The maximum atomic E-state index is 13.6. The molecule has 0 atom stereocenters. The van der Waals surface area contributed by atoms with Gasteiger partial charge in [-0.15, -0.1) is 16.8 Å². The number of hydrogen-bond donors (Lipinski definition) is 2. The number of aromatic nitrogens is 1. The summed E-state index contributed by atoms with van der Waals surface area (Å²) in [6, 6.07) is 12.6. The molecule has 0 unspecified atom stereocenters. The van der Waals surface area contributed by atoms with E-state index in [2.05, 4.69) is 22.1 Å². The van der Waals surface area contributed by atoms with Gasteiger partial charge in [-0.2, -0.15) is 0 Å². The highest BCUT2D eigenvalue weighted by atomic mass is 19.1. The summed E-state index contributed by atoms with van der Waals surface area (Å²) in [4.78, 5) is 23.9. The number of azo groups is 1. The van der Waals surface area contributed by atoms with Crippen molar-refractivity contribution in [1.82, 2.24) is 9.88 Å². The molecule has 142 valence electrons. The lowest BCUT2D eigenvalue weighted by Gasteiger charge is -2.03. The van der Waals surface area contributed by atoms with Crippen LogP contribution in [-0.2, 0) is 11.3 Å². The van der Waals surface area contributed by atoms with Crippen LogP contribution in [0.5, 0.6) is 5.88 Å². The minimum absolute atomic E-state index is 0.145. The number of aromatic hydroxyl groups is 1. The number of carbonyl (C=O) groups excluding carboxylic acids is 2. The fourth-order valence-electron chi connectivity index (χ4n) is 2.72. The van der Waals surface area contributed by atoms with Crippen LogP contribution in [0, 0.1) is 5.82 Å². The standard InChI is InChI=1S/C20H17FN4O3/c1-2-11-25-16-10-6-4-8-14(16)18(20(25)28)24-23-17(26)12-22-19(27)13-7-3-5-9-15(13)21/h2-10,28H,1,11-12H2,(H,22,27). The van der Waals surface area contributed by atoms with Gasteiger partial charge in [0.2, 0.25) is 5.88 Å². The average molecular weight is 380 g/mol. The largest absolute Gasteiger partial charge is 0.493 e. The third kappa shape index (κ3) is 3.80. The predicted molar refractivity (Wildman–Crippen MR) is 102 cm³/mol. The van der Waals surface area contributed by atoms with Gasteiger partial charge in [0.1, 0.15) is 12.4 Å². The third-order valence-electron chi connectivity index (χ3n) is 4.01. The zero-order chi connectivity index (χ0) is 20.1. The molecule has 2 amide bonds. The van der Waals surface area contributed by atoms with Crippen LogP contribution in [0.3, 0.4) is 0 Å². The number of hydrogen-bond acceptors (Lipinski definition) is 4. The summed E-state index contributed by atoms with van der Waals surface area (Å²) in [5, 5.41) is 20.7. The molecule has 3 rings (SSSR count). The van der Waals surface area contributed by atoms with Crippen LogP contribution < -0.4 is 5.32 Å². The molecular weight excluding hydrogens is 363 g/mol. The van der Waals surface area contributed by atoms with Crippen molar-refractivity contribution in [1.29, 1.82) is 0 Å². The monoisotopic (exact) mass is 380 g/mol. The Balaban J connectivity index is 1.74. The lowest BCUT2D eigenvalue weighted by atomic mass is 10.2. The molecule has 3 aromatic rings. The number of nitrogens with one attached hydrogen (secondary N) is 1. The van der Waals surface area contributed by atoms with Crippen molar-refractivity contribution in [2.45, 2.75) is 6.54 Å². The number of fused-ring (bicyclic) bond motifs is 1. The van der Waals surface area contributed by atoms with Gasteiger partial charge in [0, 0.05) is 11.9 Å². The van der Waals surface area contributed by atoms with Crippen molar-refractivity contribution in [3.63, 3.8) is 0 Å². The van der Waals surface area contributed by atoms with Gasteiger partial charge >= 0.3 is 0 Å². The predicted octanol–water partition coefficient (Wildman–Crippen LogP) is 3.71. The second-order valence-corrected chi connectivity index (χ2v) is 5.84. The molecule has 0 aliphatic carbocycles. The van der Waals surface area contributed by atoms with Gasteiger partial charge in [-0.3, -0.25) is 9.59 Å². The van der Waals surface area contributed by atoms with E-state index < -0.39 is 24.2 Å². The summed E-state index contributed by atoms with van der Waals surface area (Å²) >= 11 is 0. The highest BCUT2D eigenvalue weighted by Gasteiger charge is 2.16. The normalized spacial score (nSPS) is 11.0. The summed E-state index contributed by atoms with van der Waals surface area (Å²) in [6.45, 7) is 3.55. The summed E-state index contributed by atoms with van der Waals surface area (Å²) in [5.74, 6) is -2.31. The van der Waals surface area contributed by atoms with Gasteiger partial charge in [-0.1, -0.05) is 36.4 Å². The minimum Gasteiger partial charge on any atom is -0.493 e. The molecule has 0 saturated heterocycles. The number of rotatable bonds is 6. The summed E-state index contributed by atoms with van der Waals surface area (Å²) in [7, 11) is 0. The van der Waals surface area contributed by atoms with Crippen LogP contribution in [0.25, 0.3) is 10.9 Å². The average Bonchev–Trinajstić information content (AvgIpc) is 2.96. The molecule has 28 heavy (non-hydrogen) atoms. The quantitative estimate of drug-likeness (QED) is 0.504. The molecule has 0 spiro atoms. The van der Waals surface area contributed by atoms with Gasteiger partial charge in [0.05, 0.1) is 11.1 Å². The number of para-hydroxylation sites is 1. The Morgan fingerprint density at radius 3 is 2.64 bits per heavy atom. The minimum atomic E-state index is -0.746. The lowest BCUT2D eigenvalue weighted by Crippen LogP contribution is -2.29. The molecule has 7 nitrogen and oxygen atoms in total. The zero-order valence-electron chi connectivity index (χ0n) is 14.8. The first-order chi connectivity index (χ1) is 13.5. The maximum Gasteiger partial charge on any atom is 0.283 e. The van der Waals surface area contributed by atoms with Crippen molar-refractivity contribution >= 4 is 28.4 Å².